The number of aromatic nitrogens is 1. The van der Waals surface area contributed by atoms with E-state index in [1.165, 1.54) is 25.1 Å². The minimum atomic E-state index is -0.335. The van der Waals surface area contributed by atoms with Crippen molar-refractivity contribution in [2.45, 2.75) is 38.8 Å². The van der Waals surface area contributed by atoms with E-state index < -0.39 is 0 Å². The van der Waals surface area contributed by atoms with Crippen LogP contribution < -0.4 is 15.4 Å². The number of nitrogens with zero attached hydrogens (tertiary/aromatic N) is 3. The first-order valence-corrected chi connectivity index (χ1v) is 10.2. The Balaban J connectivity index is 0.00000320. The molecule has 0 bridgehead atoms. The fourth-order valence-electron chi connectivity index (χ4n) is 3.42. The number of ether oxygens (including phenoxy) is 1. The van der Waals surface area contributed by atoms with Gasteiger partial charge in [-0.25, -0.2) is 9.37 Å². The van der Waals surface area contributed by atoms with Crippen molar-refractivity contribution in [2.24, 2.45) is 4.99 Å². The van der Waals surface area contributed by atoms with Gasteiger partial charge in [-0.1, -0.05) is 19.1 Å². The van der Waals surface area contributed by atoms with Gasteiger partial charge in [0, 0.05) is 51.1 Å². The Labute approximate surface area is 195 Å². The standard InChI is InChI=1S/C22H30FN5O.HI/c1-3-11-28-12-9-19(10-13-28)27-22(24-2)26-16-17-7-8-21(25-15-17)29-20-6-4-5-18(23)14-20;/h4-8,14-15,19H,3,9-13,16H2,1-2H3,(H2,24,26,27);1H. The van der Waals surface area contributed by atoms with E-state index in [-0.39, 0.29) is 29.8 Å². The van der Waals surface area contributed by atoms with E-state index >= 15 is 0 Å². The molecule has 0 unspecified atom stereocenters. The van der Waals surface area contributed by atoms with Gasteiger partial charge in [-0.2, -0.15) is 0 Å². The van der Waals surface area contributed by atoms with E-state index in [0.717, 1.165) is 37.5 Å². The highest BCUT2D eigenvalue weighted by molar-refractivity contribution is 14.0. The van der Waals surface area contributed by atoms with Gasteiger partial charge in [0.25, 0.3) is 0 Å². The van der Waals surface area contributed by atoms with Gasteiger partial charge in [0.1, 0.15) is 11.6 Å². The maximum Gasteiger partial charge on any atom is 0.219 e. The largest absolute Gasteiger partial charge is 0.439 e. The molecule has 2 heterocycles. The SMILES string of the molecule is CCCN1CCC(NC(=NC)NCc2ccc(Oc3cccc(F)c3)nc2)CC1.I. The van der Waals surface area contributed by atoms with Crippen molar-refractivity contribution in [3.05, 3.63) is 54.0 Å². The van der Waals surface area contributed by atoms with Gasteiger partial charge in [0.05, 0.1) is 0 Å². The summed E-state index contributed by atoms with van der Waals surface area (Å²) in [4.78, 5) is 11.2. The number of guanidine groups is 1. The Morgan fingerprint density at radius 3 is 2.70 bits per heavy atom. The molecule has 3 rings (SSSR count). The van der Waals surface area contributed by atoms with Crippen molar-refractivity contribution in [2.75, 3.05) is 26.7 Å². The number of rotatable bonds is 7. The summed E-state index contributed by atoms with van der Waals surface area (Å²) in [5.74, 6) is 1.33. The molecule has 0 saturated carbocycles. The summed E-state index contributed by atoms with van der Waals surface area (Å²) in [6.07, 6.45) is 5.22. The molecule has 164 valence electrons. The van der Waals surface area contributed by atoms with E-state index in [2.05, 4.69) is 32.4 Å². The fourth-order valence-corrected chi connectivity index (χ4v) is 3.42. The molecule has 0 spiro atoms. The number of aliphatic imine (C=N–C) groups is 1. The van der Waals surface area contributed by atoms with E-state index in [4.69, 9.17) is 4.74 Å². The number of benzene rings is 1. The zero-order valence-electron chi connectivity index (χ0n) is 17.6. The Morgan fingerprint density at radius 2 is 2.07 bits per heavy atom. The second-order valence-corrected chi connectivity index (χ2v) is 7.25. The molecular formula is C22H31FIN5O. The summed E-state index contributed by atoms with van der Waals surface area (Å²) in [6, 6.07) is 10.2. The van der Waals surface area contributed by atoms with Gasteiger partial charge in [-0.3, -0.25) is 4.99 Å². The van der Waals surface area contributed by atoms with E-state index in [1.807, 2.05) is 6.07 Å². The molecule has 8 heteroatoms. The topological polar surface area (TPSA) is 61.8 Å². The van der Waals surface area contributed by atoms with Crippen LogP contribution in [0.3, 0.4) is 0 Å². The van der Waals surface area contributed by atoms with Crippen LogP contribution in [0.15, 0.2) is 47.6 Å². The lowest BCUT2D eigenvalue weighted by Crippen LogP contribution is -2.48. The van der Waals surface area contributed by atoms with Crippen LogP contribution in [0.5, 0.6) is 11.6 Å². The molecule has 1 aliphatic heterocycles. The average Bonchev–Trinajstić information content (AvgIpc) is 2.74. The zero-order chi connectivity index (χ0) is 20.5. The van der Waals surface area contributed by atoms with Crippen molar-refractivity contribution < 1.29 is 9.13 Å². The van der Waals surface area contributed by atoms with Crippen LogP contribution in [-0.4, -0.2) is 48.6 Å². The second-order valence-electron chi connectivity index (χ2n) is 7.25. The smallest absolute Gasteiger partial charge is 0.219 e. The van der Waals surface area contributed by atoms with Crippen molar-refractivity contribution in [1.82, 2.24) is 20.5 Å². The van der Waals surface area contributed by atoms with E-state index in [1.54, 1.807) is 31.4 Å². The Hall–Kier alpha value is -1.94. The van der Waals surface area contributed by atoms with Crippen LogP contribution in [-0.2, 0) is 6.54 Å². The van der Waals surface area contributed by atoms with Gasteiger partial charge < -0.3 is 20.3 Å². The number of likely N-dealkylation sites (tertiary alicyclic amines) is 1. The van der Waals surface area contributed by atoms with Crippen LogP contribution in [0.4, 0.5) is 4.39 Å². The van der Waals surface area contributed by atoms with Crippen molar-refractivity contribution >= 4 is 29.9 Å². The van der Waals surface area contributed by atoms with Crippen LogP contribution >= 0.6 is 24.0 Å². The molecule has 0 atom stereocenters. The van der Waals surface area contributed by atoms with Crippen LogP contribution in [0, 0.1) is 5.82 Å². The van der Waals surface area contributed by atoms with Crippen molar-refractivity contribution in [1.29, 1.82) is 0 Å². The molecule has 1 aliphatic rings. The minimum Gasteiger partial charge on any atom is -0.439 e. The Morgan fingerprint density at radius 1 is 1.27 bits per heavy atom. The summed E-state index contributed by atoms with van der Waals surface area (Å²) in [5, 5.41) is 6.86. The van der Waals surface area contributed by atoms with Gasteiger partial charge in [-0.05, 0) is 43.5 Å². The van der Waals surface area contributed by atoms with Gasteiger partial charge >= 0.3 is 0 Å². The molecule has 1 fully saturated rings. The Bertz CT molecular complexity index is 794. The maximum atomic E-state index is 13.2. The highest BCUT2D eigenvalue weighted by Crippen LogP contribution is 2.20. The number of nitrogens with one attached hydrogen (secondary N) is 2. The third-order valence-corrected chi connectivity index (χ3v) is 4.97. The van der Waals surface area contributed by atoms with Crippen molar-refractivity contribution in [3.63, 3.8) is 0 Å². The van der Waals surface area contributed by atoms with Crippen molar-refractivity contribution in [3.8, 4) is 11.6 Å². The van der Waals surface area contributed by atoms with Gasteiger partial charge in [0.2, 0.25) is 5.88 Å². The number of piperidine rings is 1. The number of pyridine rings is 1. The molecule has 30 heavy (non-hydrogen) atoms. The molecule has 1 saturated heterocycles. The number of halogens is 2. The summed E-state index contributed by atoms with van der Waals surface area (Å²) < 4.78 is 18.8. The first-order valence-electron chi connectivity index (χ1n) is 10.2. The predicted molar refractivity (Wildman–Crippen MR) is 129 cm³/mol. The fraction of sp³-hybridized carbons (Fsp3) is 0.455. The summed E-state index contributed by atoms with van der Waals surface area (Å²) in [5.41, 5.74) is 1.01. The van der Waals surface area contributed by atoms with Gasteiger partial charge in [0.15, 0.2) is 5.96 Å². The van der Waals surface area contributed by atoms with E-state index in [9.17, 15) is 4.39 Å². The normalized spacial score (nSPS) is 15.4. The quantitative estimate of drug-likeness (QED) is 0.322. The molecule has 0 amide bonds. The predicted octanol–water partition coefficient (Wildman–Crippen LogP) is 4.17. The lowest BCUT2D eigenvalue weighted by Gasteiger charge is -2.32. The Kier molecular flexibility index (Phi) is 10.3. The average molecular weight is 527 g/mol. The molecule has 1 aromatic carbocycles. The molecule has 1 aromatic heterocycles. The zero-order valence-corrected chi connectivity index (χ0v) is 19.9. The highest BCUT2D eigenvalue weighted by atomic mass is 127. The lowest BCUT2D eigenvalue weighted by atomic mass is 10.1. The molecule has 0 aliphatic carbocycles. The third kappa shape index (κ3) is 7.71. The monoisotopic (exact) mass is 527 g/mol. The highest BCUT2D eigenvalue weighted by Gasteiger charge is 2.19. The first kappa shape index (κ1) is 24.3. The van der Waals surface area contributed by atoms with Gasteiger partial charge in [-0.15, -0.1) is 24.0 Å². The molecule has 0 radical (unpaired) electrons. The molecule has 2 N–H and O–H groups in total. The summed E-state index contributed by atoms with van der Waals surface area (Å²) >= 11 is 0. The summed E-state index contributed by atoms with van der Waals surface area (Å²) in [7, 11) is 1.79. The van der Waals surface area contributed by atoms with E-state index in [0.29, 0.717) is 24.2 Å². The number of hydrogen-bond donors (Lipinski definition) is 2. The summed E-state index contributed by atoms with van der Waals surface area (Å²) in [6.45, 7) is 6.30. The minimum absolute atomic E-state index is 0. The number of hydrogen-bond acceptors (Lipinski definition) is 4. The molecular weight excluding hydrogens is 496 g/mol. The van der Waals surface area contributed by atoms with Crippen LogP contribution in [0.2, 0.25) is 0 Å². The first-order chi connectivity index (χ1) is 14.2. The third-order valence-electron chi connectivity index (χ3n) is 4.97. The second kappa shape index (κ2) is 12.7. The van der Waals surface area contributed by atoms with Crippen LogP contribution in [0.1, 0.15) is 31.7 Å². The lowest BCUT2D eigenvalue weighted by molar-refractivity contribution is 0.206. The molecule has 2 aromatic rings. The molecule has 6 nitrogen and oxygen atoms in total. The van der Waals surface area contributed by atoms with Crippen LogP contribution in [0.25, 0.3) is 0 Å². The maximum absolute atomic E-state index is 13.2.